The minimum absolute atomic E-state index is 0.419. The van der Waals surface area contributed by atoms with Gasteiger partial charge in [0.25, 0.3) is 0 Å². The van der Waals surface area contributed by atoms with Crippen LogP contribution in [0.2, 0.25) is 0 Å². The predicted octanol–water partition coefficient (Wildman–Crippen LogP) is 2.38. The van der Waals surface area contributed by atoms with Crippen LogP contribution in [-0.2, 0) is 0 Å². The molecule has 5 nitrogen and oxygen atoms in total. The predicted molar refractivity (Wildman–Crippen MR) is 80.2 cm³/mol. The number of rotatable bonds is 5. The molecule has 0 amide bonds. The third-order valence-electron chi connectivity index (χ3n) is 3.44. The van der Waals surface area contributed by atoms with Gasteiger partial charge < -0.3 is 5.32 Å². The van der Waals surface area contributed by atoms with Crippen LogP contribution in [0.25, 0.3) is 5.82 Å². The van der Waals surface area contributed by atoms with Crippen LogP contribution in [0.3, 0.4) is 0 Å². The third kappa shape index (κ3) is 3.04. The van der Waals surface area contributed by atoms with E-state index in [1.165, 1.54) is 5.56 Å². The Morgan fingerprint density at radius 1 is 1.20 bits per heavy atom. The molecule has 2 aromatic rings. The van der Waals surface area contributed by atoms with Crippen LogP contribution in [-0.4, -0.2) is 32.3 Å². The van der Waals surface area contributed by atoms with Crippen molar-refractivity contribution in [3.8, 4) is 5.82 Å². The van der Waals surface area contributed by atoms with Crippen LogP contribution in [0.4, 0.5) is 0 Å². The summed E-state index contributed by atoms with van der Waals surface area (Å²) in [4.78, 5) is 8.43. The molecule has 0 radical (unpaired) electrons. The Kier molecular flexibility index (Phi) is 4.49. The van der Waals surface area contributed by atoms with Gasteiger partial charge in [-0.1, -0.05) is 20.8 Å². The smallest absolute Gasteiger partial charge is 0.172 e. The molecule has 0 aliphatic rings. The van der Waals surface area contributed by atoms with Gasteiger partial charge in [0.15, 0.2) is 5.82 Å². The number of hydrogen-bond donors (Lipinski definition) is 1. The molecule has 0 saturated heterocycles. The van der Waals surface area contributed by atoms with Crippen LogP contribution < -0.4 is 5.32 Å². The molecular weight excluding hydrogens is 250 g/mol. The van der Waals surface area contributed by atoms with Gasteiger partial charge in [-0.05, 0) is 19.8 Å². The second-order valence-corrected chi connectivity index (χ2v) is 5.52. The summed E-state index contributed by atoms with van der Waals surface area (Å²) in [5.74, 6) is 1.19. The molecule has 2 rings (SSSR count). The zero-order valence-corrected chi connectivity index (χ0v) is 12.9. The summed E-state index contributed by atoms with van der Waals surface area (Å²) >= 11 is 0. The average molecular weight is 273 g/mol. The van der Waals surface area contributed by atoms with Crippen molar-refractivity contribution in [2.45, 2.75) is 46.6 Å². The first-order valence-electron chi connectivity index (χ1n) is 7.06. The molecule has 20 heavy (non-hydrogen) atoms. The van der Waals surface area contributed by atoms with E-state index >= 15 is 0 Å². The molecule has 0 aliphatic carbocycles. The van der Waals surface area contributed by atoms with Crippen molar-refractivity contribution in [3.05, 3.63) is 35.5 Å². The maximum atomic E-state index is 4.61. The normalized spacial score (nSPS) is 12.9. The number of nitrogens with one attached hydrogen (secondary N) is 1. The maximum absolute atomic E-state index is 4.61. The molecule has 5 heteroatoms. The zero-order valence-electron chi connectivity index (χ0n) is 12.9. The quantitative estimate of drug-likeness (QED) is 0.908. The topological polar surface area (TPSA) is 55.6 Å². The number of nitrogens with zero attached hydrogens (tertiary/aromatic N) is 4. The summed E-state index contributed by atoms with van der Waals surface area (Å²) in [5.41, 5.74) is 3.50. The Bertz CT molecular complexity index is 559. The Morgan fingerprint density at radius 3 is 2.55 bits per heavy atom. The Morgan fingerprint density at radius 2 is 1.95 bits per heavy atom. The number of aromatic nitrogens is 4. The highest BCUT2D eigenvalue weighted by Crippen LogP contribution is 2.24. The molecule has 1 unspecified atom stereocenters. The van der Waals surface area contributed by atoms with Gasteiger partial charge in [0.2, 0.25) is 0 Å². The second-order valence-electron chi connectivity index (χ2n) is 5.52. The lowest BCUT2D eigenvalue weighted by molar-refractivity contribution is 0.546. The van der Waals surface area contributed by atoms with Crippen LogP contribution in [0.1, 0.15) is 43.6 Å². The van der Waals surface area contributed by atoms with E-state index in [0.717, 1.165) is 23.8 Å². The van der Waals surface area contributed by atoms with Gasteiger partial charge in [-0.15, -0.1) is 0 Å². The molecule has 1 atom stereocenters. The molecule has 2 heterocycles. The standard InChI is InChI=1S/C15H23N5/c1-10(2)18-8-11(3)15-12(4)19-20(13(15)5)14-9-16-6-7-17-14/h6-7,9-11,18H,8H2,1-5H3. The van der Waals surface area contributed by atoms with Gasteiger partial charge in [-0.25, -0.2) is 9.67 Å². The highest BCUT2D eigenvalue weighted by molar-refractivity contribution is 5.33. The first-order chi connectivity index (χ1) is 9.50. The summed E-state index contributed by atoms with van der Waals surface area (Å²) < 4.78 is 1.88. The third-order valence-corrected chi connectivity index (χ3v) is 3.44. The van der Waals surface area contributed by atoms with E-state index < -0.39 is 0 Å². The zero-order chi connectivity index (χ0) is 14.7. The largest absolute Gasteiger partial charge is 0.314 e. The SMILES string of the molecule is Cc1nn(-c2cnccn2)c(C)c1C(C)CNC(C)C. The van der Waals surface area contributed by atoms with E-state index in [-0.39, 0.29) is 0 Å². The summed E-state index contributed by atoms with van der Waals surface area (Å²) in [6, 6.07) is 0.494. The van der Waals surface area contributed by atoms with Crippen molar-refractivity contribution in [1.29, 1.82) is 0 Å². The molecule has 1 N–H and O–H groups in total. The summed E-state index contributed by atoms with van der Waals surface area (Å²) in [6.45, 7) is 11.7. The van der Waals surface area contributed by atoms with Crippen molar-refractivity contribution < 1.29 is 0 Å². The summed E-state index contributed by atoms with van der Waals surface area (Å²) in [7, 11) is 0. The summed E-state index contributed by atoms with van der Waals surface area (Å²) in [5, 5.41) is 8.10. The fourth-order valence-corrected chi connectivity index (χ4v) is 2.51. The van der Waals surface area contributed by atoms with Crippen LogP contribution >= 0.6 is 0 Å². The Balaban J connectivity index is 2.30. The van der Waals surface area contributed by atoms with Gasteiger partial charge in [-0.2, -0.15) is 5.10 Å². The lowest BCUT2D eigenvalue weighted by atomic mass is 9.99. The summed E-state index contributed by atoms with van der Waals surface area (Å²) in [6.07, 6.45) is 5.10. The molecular formula is C15H23N5. The molecule has 0 aliphatic heterocycles. The van der Waals surface area contributed by atoms with Crippen molar-refractivity contribution in [3.63, 3.8) is 0 Å². The van der Waals surface area contributed by atoms with Crippen LogP contribution in [0.5, 0.6) is 0 Å². The highest BCUT2D eigenvalue weighted by Gasteiger charge is 2.18. The number of hydrogen-bond acceptors (Lipinski definition) is 4. The van der Waals surface area contributed by atoms with E-state index in [1.54, 1.807) is 18.6 Å². The second kappa shape index (κ2) is 6.13. The fourth-order valence-electron chi connectivity index (χ4n) is 2.51. The van der Waals surface area contributed by atoms with Crippen molar-refractivity contribution in [2.24, 2.45) is 0 Å². The minimum Gasteiger partial charge on any atom is -0.314 e. The average Bonchev–Trinajstić information content (AvgIpc) is 2.72. The Hall–Kier alpha value is -1.75. The lowest BCUT2D eigenvalue weighted by Crippen LogP contribution is -2.27. The lowest BCUT2D eigenvalue weighted by Gasteiger charge is -2.15. The molecule has 0 spiro atoms. The molecule has 2 aromatic heterocycles. The number of aryl methyl sites for hydroxylation is 1. The van der Waals surface area contributed by atoms with Crippen molar-refractivity contribution in [1.82, 2.24) is 25.1 Å². The van der Waals surface area contributed by atoms with E-state index in [0.29, 0.717) is 12.0 Å². The van der Waals surface area contributed by atoms with Crippen molar-refractivity contribution in [2.75, 3.05) is 6.54 Å². The maximum Gasteiger partial charge on any atom is 0.172 e. The molecule has 0 aromatic carbocycles. The molecule has 0 bridgehead atoms. The van der Waals surface area contributed by atoms with E-state index in [9.17, 15) is 0 Å². The first-order valence-corrected chi connectivity index (χ1v) is 7.06. The molecule has 0 fully saturated rings. The van der Waals surface area contributed by atoms with Gasteiger partial charge >= 0.3 is 0 Å². The monoisotopic (exact) mass is 273 g/mol. The fraction of sp³-hybridized carbons (Fsp3) is 0.533. The molecule has 108 valence electrons. The highest BCUT2D eigenvalue weighted by atomic mass is 15.3. The van der Waals surface area contributed by atoms with E-state index in [2.05, 4.69) is 55.0 Å². The Labute approximate surface area is 120 Å². The van der Waals surface area contributed by atoms with Gasteiger partial charge in [0.1, 0.15) is 0 Å². The first kappa shape index (κ1) is 14.7. The van der Waals surface area contributed by atoms with E-state index in [1.807, 2.05) is 4.68 Å². The van der Waals surface area contributed by atoms with Crippen molar-refractivity contribution >= 4 is 0 Å². The van der Waals surface area contributed by atoms with Gasteiger partial charge in [0, 0.05) is 36.2 Å². The minimum atomic E-state index is 0.419. The van der Waals surface area contributed by atoms with E-state index in [4.69, 9.17) is 0 Å². The van der Waals surface area contributed by atoms with Crippen LogP contribution in [0, 0.1) is 13.8 Å². The van der Waals surface area contributed by atoms with Gasteiger partial charge in [-0.3, -0.25) is 4.98 Å². The molecule has 0 saturated carbocycles. The van der Waals surface area contributed by atoms with Gasteiger partial charge in [0.05, 0.1) is 11.9 Å². The van der Waals surface area contributed by atoms with Crippen LogP contribution in [0.15, 0.2) is 18.6 Å².